The van der Waals surface area contributed by atoms with Crippen LogP contribution in [0.4, 0.5) is 4.39 Å². The maximum atomic E-state index is 14.4. The third kappa shape index (κ3) is 3.02. The number of aryl methyl sites for hydroxylation is 1. The van der Waals surface area contributed by atoms with E-state index in [1.165, 1.54) is 65.9 Å². The molecule has 2 aliphatic carbocycles. The molecule has 0 saturated heterocycles. The van der Waals surface area contributed by atoms with E-state index in [4.69, 9.17) is 0 Å². The molecule has 1 unspecified atom stereocenters. The van der Waals surface area contributed by atoms with Crippen LogP contribution in [-0.2, 0) is 13.0 Å². The minimum absolute atomic E-state index is 0.0511. The summed E-state index contributed by atoms with van der Waals surface area (Å²) < 4.78 is 16.8. The standard InChI is InChI=1S/C27H29FN2O/c28-23-11-5-4-9-21(23)27(31)30-16-15-29-24-14-13-19(18-7-2-1-3-8-18)17-22(24)20-10-6-12-25(30)26(20)29/h4-5,9,11,13-14,17-18,25H,1-3,6-8,10,12,15-16H2. The van der Waals surface area contributed by atoms with E-state index in [9.17, 15) is 9.18 Å². The number of rotatable bonds is 2. The predicted octanol–water partition coefficient (Wildman–Crippen LogP) is 6.36. The van der Waals surface area contributed by atoms with Crippen LogP contribution in [0.1, 0.15) is 84.1 Å². The lowest BCUT2D eigenvalue weighted by molar-refractivity contribution is 0.0596. The molecule has 2 heterocycles. The molecule has 0 N–H and O–H groups in total. The van der Waals surface area contributed by atoms with Gasteiger partial charge in [-0.1, -0.05) is 37.5 Å². The van der Waals surface area contributed by atoms with Gasteiger partial charge in [-0.25, -0.2) is 4.39 Å². The van der Waals surface area contributed by atoms with Crippen LogP contribution in [0.5, 0.6) is 0 Å². The van der Waals surface area contributed by atoms with Crippen molar-refractivity contribution in [3.8, 4) is 0 Å². The maximum Gasteiger partial charge on any atom is 0.257 e. The van der Waals surface area contributed by atoms with E-state index in [-0.39, 0.29) is 17.5 Å². The summed E-state index contributed by atoms with van der Waals surface area (Å²) in [5.41, 5.74) is 5.73. The lowest BCUT2D eigenvalue weighted by Crippen LogP contribution is -2.43. The second-order valence-corrected chi connectivity index (χ2v) is 9.51. The summed E-state index contributed by atoms with van der Waals surface area (Å²) in [7, 11) is 0. The van der Waals surface area contributed by atoms with E-state index in [0.717, 1.165) is 25.8 Å². The molecule has 1 amide bonds. The van der Waals surface area contributed by atoms with E-state index in [1.807, 2.05) is 4.90 Å². The van der Waals surface area contributed by atoms with E-state index < -0.39 is 5.82 Å². The summed E-state index contributed by atoms with van der Waals surface area (Å²) in [6.45, 7) is 1.42. The number of halogens is 1. The molecule has 3 nitrogen and oxygen atoms in total. The summed E-state index contributed by atoms with van der Waals surface area (Å²) in [6, 6.07) is 13.6. The molecule has 3 aliphatic rings. The number of carbonyl (C=O) groups excluding carboxylic acids is 1. The van der Waals surface area contributed by atoms with E-state index in [2.05, 4.69) is 22.8 Å². The first-order valence-corrected chi connectivity index (χ1v) is 11.9. The molecule has 1 saturated carbocycles. The molecule has 2 aromatic carbocycles. The number of fused-ring (bicyclic) bond motifs is 3. The van der Waals surface area contributed by atoms with Crippen LogP contribution in [0, 0.1) is 5.82 Å². The number of carbonyl (C=O) groups is 1. The van der Waals surface area contributed by atoms with Crippen molar-refractivity contribution in [1.82, 2.24) is 9.47 Å². The third-order valence-electron chi connectivity index (χ3n) is 7.84. The molecule has 1 atom stereocenters. The van der Waals surface area contributed by atoms with Gasteiger partial charge in [0.25, 0.3) is 5.91 Å². The van der Waals surface area contributed by atoms with Crippen LogP contribution in [0.25, 0.3) is 10.9 Å². The monoisotopic (exact) mass is 416 g/mol. The molecule has 160 valence electrons. The predicted molar refractivity (Wildman–Crippen MR) is 121 cm³/mol. The molecule has 6 rings (SSSR count). The molecule has 4 heteroatoms. The Labute approximate surface area is 182 Å². The Balaban J connectivity index is 1.42. The molecule has 1 fully saturated rings. The van der Waals surface area contributed by atoms with Gasteiger partial charge < -0.3 is 9.47 Å². The van der Waals surface area contributed by atoms with Crippen LogP contribution in [0.3, 0.4) is 0 Å². The zero-order valence-corrected chi connectivity index (χ0v) is 17.9. The van der Waals surface area contributed by atoms with Crippen molar-refractivity contribution in [2.45, 2.75) is 69.9 Å². The maximum absolute atomic E-state index is 14.4. The Morgan fingerprint density at radius 2 is 1.77 bits per heavy atom. The van der Waals surface area contributed by atoms with Gasteiger partial charge in [0.15, 0.2) is 0 Å². The molecule has 0 bridgehead atoms. The lowest BCUT2D eigenvalue weighted by atomic mass is 9.83. The van der Waals surface area contributed by atoms with Gasteiger partial charge in [0.1, 0.15) is 5.82 Å². The van der Waals surface area contributed by atoms with Gasteiger partial charge in [-0.2, -0.15) is 0 Å². The SMILES string of the molecule is O=C(c1ccccc1F)N1CCn2c3c(c4cc(C5CCCCC5)ccc42)CCCC31. The van der Waals surface area contributed by atoms with E-state index in [1.54, 1.807) is 18.2 Å². The fourth-order valence-electron chi connectivity index (χ4n) is 6.34. The summed E-state index contributed by atoms with van der Waals surface area (Å²) >= 11 is 0. The van der Waals surface area contributed by atoms with Crippen molar-refractivity contribution in [2.24, 2.45) is 0 Å². The fraction of sp³-hybridized carbons (Fsp3) is 0.444. The van der Waals surface area contributed by atoms with Crippen molar-refractivity contribution >= 4 is 16.8 Å². The molecule has 0 radical (unpaired) electrons. The number of benzene rings is 2. The largest absolute Gasteiger partial charge is 0.341 e. The molecule has 31 heavy (non-hydrogen) atoms. The zero-order valence-electron chi connectivity index (χ0n) is 17.9. The molecule has 0 spiro atoms. The Kier molecular flexibility index (Phi) is 4.62. The van der Waals surface area contributed by atoms with Gasteiger partial charge in [0.2, 0.25) is 0 Å². The van der Waals surface area contributed by atoms with Crippen LogP contribution in [-0.4, -0.2) is 21.9 Å². The summed E-state index contributed by atoms with van der Waals surface area (Å²) in [6.07, 6.45) is 9.78. The number of hydrogen-bond donors (Lipinski definition) is 0. The number of hydrogen-bond acceptors (Lipinski definition) is 1. The Morgan fingerprint density at radius 1 is 0.935 bits per heavy atom. The van der Waals surface area contributed by atoms with Gasteiger partial charge in [0, 0.05) is 29.7 Å². The van der Waals surface area contributed by atoms with Gasteiger partial charge in [-0.3, -0.25) is 4.79 Å². The molecule has 1 aliphatic heterocycles. The quantitative estimate of drug-likeness (QED) is 0.477. The van der Waals surface area contributed by atoms with Gasteiger partial charge in [0.05, 0.1) is 11.6 Å². The van der Waals surface area contributed by atoms with Crippen molar-refractivity contribution in [3.63, 3.8) is 0 Å². The van der Waals surface area contributed by atoms with Crippen molar-refractivity contribution in [2.75, 3.05) is 6.54 Å². The van der Waals surface area contributed by atoms with E-state index in [0.29, 0.717) is 12.5 Å². The van der Waals surface area contributed by atoms with E-state index >= 15 is 0 Å². The Morgan fingerprint density at radius 3 is 2.61 bits per heavy atom. The highest BCUT2D eigenvalue weighted by atomic mass is 19.1. The fourth-order valence-corrected chi connectivity index (χ4v) is 6.34. The Hall–Kier alpha value is -2.62. The summed E-state index contributed by atoms with van der Waals surface area (Å²) in [5, 5.41) is 1.39. The second kappa shape index (κ2) is 7.51. The minimum Gasteiger partial charge on any atom is -0.341 e. The lowest BCUT2D eigenvalue weighted by Gasteiger charge is -2.40. The number of amides is 1. The smallest absolute Gasteiger partial charge is 0.257 e. The Bertz CT molecular complexity index is 1160. The van der Waals surface area contributed by atoms with Crippen LogP contribution >= 0.6 is 0 Å². The van der Waals surface area contributed by atoms with Crippen LogP contribution in [0.15, 0.2) is 42.5 Å². The molecular weight excluding hydrogens is 387 g/mol. The highest BCUT2D eigenvalue weighted by Gasteiger charge is 2.38. The zero-order chi connectivity index (χ0) is 20.9. The minimum atomic E-state index is -0.424. The highest BCUT2D eigenvalue weighted by molar-refractivity contribution is 5.95. The molecular formula is C27H29FN2O. The summed E-state index contributed by atoms with van der Waals surface area (Å²) in [4.78, 5) is 15.2. The first-order valence-electron chi connectivity index (χ1n) is 11.9. The first-order chi connectivity index (χ1) is 15.2. The van der Waals surface area contributed by atoms with Crippen molar-refractivity contribution in [1.29, 1.82) is 0 Å². The average Bonchev–Trinajstić information content (AvgIpc) is 3.15. The highest BCUT2D eigenvalue weighted by Crippen LogP contribution is 2.44. The van der Waals surface area contributed by atoms with Crippen LogP contribution < -0.4 is 0 Å². The number of nitrogens with zero attached hydrogens (tertiary/aromatic N) is 2. The number of aromatic nitrogens is 1. The normalized spacial score (nSPS) is 21.3. The van der Waals surface area contributed by atoms with Crippen molar-refractivity contribution < 1.29 is 9.18 Å². The topological polar surface area (TPSA) is 25.2 Å². The third-order valence-corrected chi connectivity index (χ3v) is 7.84. The second-order valence-electron chi connectivity index (χ2n) is 9.51. The average molecular weight is 417 g/mol. The molecule has 3 aromatic rings. The van der Waals surface area contributed by atoms with Crippen molar-refractivity contribution in [3.05, 3.63) is 70.7 Å². The molecule has 1 aromatic heterocycles. The van der Waals surface area contributed by atoms with Gasteiger partial charge in [-0.15, -0.1) is 0 Å². The summed E-state index contributed by atoms with van der Waals surface area (Å²) in [5.74, 6) is 0.0999. The first kappa shape index (κ1) is 19.1. The van der Waals surface area contributed by atoms with Crippen LogP contribution in [0.2, 0.25) is 0 Å². The van der Waals surface area contributed by atoms with Gasteiger partial charge >= 0.3 is 0 Å². The van der Waals surface area contributed by atoms with Gasteiger partial charge in [-0.05, 0) is 73.4 Å².